The van der Waals surface area contributed by atoms with Gasteiger partial charge in [-0.2, -0.15) is 0 Å². The van der Waals surface area contributed by atoms with Crippen LogP contribution in [0.1, 0.15) is 36.6 Å². The average molecular weight is 423 g/mol. The fraction of sp³-hybridized carbons (Fsp3) is 0.286. The van der Waals surface area contributed by atoms with Crippen molar-refractivity contribution in [3.05, 3.63) is 76.1 Å². The lowest BCUT2D eigenvalue weighted by atomic mass is 10.1. The first-order valence-electron chi connectivity index (χ1n) is 9.72. The molecule has 0 radical (unpaired) electrons. The molecule has 0 aliphatic heterocycles. The highest BCUT2D eigenvalue weighted by Gasteiger charge is 2.43. The molecule has 1 aliphatic carbocycles. The fourth-order valence-electron chi connectivity index (χ4n) is 3.52. The molecule has 1 aromatic heterocycles. The van der Waals surface area contributed by atoms with Crippen LogP contribution < -0.4 is 5.32 Å². The van der Waals surface area contributed by atoms with Gasteiger partial charge in [-0.15, -0.1) is 10.2 Å². The van der Waals surface area contributed by atoms with Gasteiger partial charge >= 0.3 is 0 Å². The molecule has 3 aromatic rings. The largest absolute Gasteiger partial charge is 0.325 e. The Labute approximate surface area is 177 Å². The summed E-state index contributed by atoms with van der Waals surface area (Å²) in [7, 11) is 0. The predicted octanol–water partition coefficient (Wildman–Crippen LogP) is 4.21. The summed E-state index contributed by atoms with van der Waals surface area (Å²) in [5.41, 5.74) is 1.83. The Morgan fingerprint density at radius 2 is 1.90 bits per heavy atom. The number of carbonyl (C=O) groups excluding carboxylic acids is 1. The maximum Gasteiger partial charge on any atom is 0.269 e. The first kappa shape index (κ1) is 20.1. The summed E-state index contributed by atoms with van der Waals surface area (Å²) in [6, 6.07) is 16.2. The second-order valence-corrected chi connectivity index (χ2v) is 8.03. The smallest absolute Gasteiger partial charge is 0.269 e. The lowest BCUT2D eigenvalue weighted by Crippen LogP contribution is -2.14. The van der Waals surface area contributed by atoms with E-state index >= 15 is 0 Å². The molecule has 154 valence electrons. The second kappa shape index (κ2) is 8.66. The van der Waals surface area contributed by atoms with Crippen LogP contribution in [0.25, 0.3) is 0 Å². The Morgan fingerprint density at radius 3 is 2.57 bits per heavy atom. The van der Waals surface area contributed by atoms with Gasteiger partial charge in [-0.05, 0) is 37.0 Å². The molecular weight excluding hydrogens is 402 g/mol. The van der Waals surface area contributed by atoms with Crippen LogP contribution in [0.5, 0.6) is 0 Å². The molecule has 1 fully saturated rings. The van der Waals surface area contributed by atoms with Gasteiger partial charge in [0.15, 0.2) is 5.16 Å². The van der Waals surface area contributed by atoms with Crippen LogP contribution in [0.3, 0.4) is 0 Å². The molecule has 9 heteroatoms. The fourth-order valence-corrected chi connectivity index (χ4v) is 4.33. The standard InChI is InChI=1S/C21H21N5O3S/c1-2-25-20(18-12-17(18)14-6-4-3-5-7-14)23-24-21(25)30-13-19(27)22-15-8-10-16(11-9-15)26(28)29/h3-11,17-18H,2,12-13H2,1H3,(H,22,27). The van der Waals surface area contributed by atoms with Crippen LogP contribution in [-0.4, -0.2) is 31.3 Å². The van der Waals surface area contributed by atoms with Crippen molar-refractivity contribution in [2.24, 2.45) is 0 Å². The Morgan fingerprint density at radius 1 is 1.17 bits per heavy atom. The van der Waals surface area contributed by atoms with Crippen LogP contribution in [0.4, 0.5) is 11.4 Å². The van der Waals surface area contributed by atoms with Crippen molar-refractivity contribution in [2.75, 3.05) is 11.1 Å². The minimum Gasteiger partial charge on any atom is -0.325 e. The maximum atomic E-state index is 12.3. The van der Waals surface area contributed by atoms with Gasteiger partial charge in [-0.1, -0.05) is 42.1 Å². The summed E-state index contributed by atoms with van der Waals surface area (Å²) >= 11 is 1.34. The molecular formula is C21H21N5O3S. The Hall–Kier alpha value is -3.20. The van der Waals surface area contributed by atoms with E-state index in [9.17, 15) is 14.9 Å². The molecule has 0 bridgehead atoms. The number of amides is 1. The van der Waals surface area contributed by atoms with E-state index in [1.54, 1.807) is 0 Å². The Balaban J connectivity index is 1.36. The van der Waals surface area contributed by atoms with Gasteiger partial charge in [0, 0.05) is 30.3 Å². The summed E-state index contributed by atoms with van der Waals surface area (Å²) in [5, 5.41) is 22.9. The third-order valence-corrected chi connectivity index (χ3v) is 6.07. The van der Waals surface area contributed by atoms with Crippen molar-refractivity contribution < 1.29 is 9.72 Å². The van der Waals surface area contributed by atoms with Crippen molar-refractivity contribution in [3.8, 4) is 0 Å². The van der Waals surface area contributed by atoms with Crippen LogP contribution in [0.2, 0.25) is 0 Å². The van der Waals surface area contributed by atoms with Crippen molar-refractivity contribution in [3.63, 3.8) is 0 Å². The van der Waals surface area contributed by atoms with Crippen LogP contribution in [0.15, 0.2) is 59.8 Å². The number of nitro groups is 1. The summed E-state index contributed by atoms with van der Waals surface area (Å²) in [6.45, 7) is 2.79. The van der Waals surface area contributed by atoms with E-state index in [2.05, 4.69) is 44.3 Å². The van der Waals surface area contributed by atoms with E-state index in [0.717, 1.165) is 23.9 Å². The first-order valence-corrected chi connectivity index (χ1v) is 10.7. The van der Waals surface area contributed by atoms with E-state index < -0.39 is 4.92 Å². The van der Waals surface area contributed by atoms with E-state index in [4.69, 9.17) is 0 Å². The molecule has 0 saturated heterocycles. The Kier molecular flexibility index (Phi) is 5.80. The number of nitrogens with zero attached hydrogens (tertiary/aromatic N) is 4. The minimum absolute atomic E-state index is 0.0140. The molecule has 1 saturated carbocycles. The van der Waals surface area contributed by atoms with Crippen LogP contribution in [-0.2, 0) is 11.3 Å². The summed E-state index contributed by atoms with van der Waals surface area (Å²) in [6.07, 6.45) is 1.06. The molecule has 8 nitrogen and oxygen atoms in total. The molecule has 2 atom stereocenters. The number of anilines is 1. The molecule has 4 rings (SSSR count). The van der Waals surface area contributed by atoms with Gasteiger partial charge in [-0.25, -0.2) is 0 Å². The van der Waals surface area contributed by atoms with Gasteiger partial charge in [0.1, 0.15) is 5.82 Å². The highest BCUT2D eigenvalue weighted by Crippen LogP contribution is 2.54. The summed E-state index contributed by atoms with van der Waals surface area (Å²) < 4.78 is 2.08. The number of non-ortho nitro benzene ring substituents is 1. The number of aromatic nitrogens is 3. The lowest BCUT2D eigenvalue weighted by Gasteiger charge is -2.08. The van der Waals surface area contributed by atoms with Crippen LogP contribution >= 0.6 is 11.8 Å². The van der Waals surface area contributed by atoms with E-state index in [-0.39, 0.29) is 17.3 Å². The topological polar surface area (TPSA) is 103 Å². The monoisotopic (exact) mass is 423 g/mol. The normalized spacial score (nSPS) is 17.5. The van der Waals surface area contributed by atoms with Gasteiger partial charge < -0.3 is 9.88 Å². The predicted molar refractivity (Wildman–Crippen MR) is 115 cm³/mol. The number of thioether (sulfide) groups is 1. The zero-order valence-electron chi connectivity index (χ0n) is 16.4. The Bertz CT molecular complexity index is 1050. The number of hydrogen-bond donors (Lipinski definition) is 1. The molecule has 1 aliphatic rings. The van der Waals surface area contributed by atoms with E-state index in [0.29, 0.717) is 17.5 Å². The molecule has 1 heterocycles. The number of nitro benzene ring substituents is 1. The number of benzene rings is 2. The third kappa shape index (κ3) is 4.35. The summed E-state index contributed by atoms with van der Waals surface area (Å²) in [5.74, 6) is 1.80. The highest BCUT2D eigenvalue weighted by molar-refractivity contribution is 7.99. The summed E-state index contributed by atoms with van der Waals surface area (Å²) in [4.78, 5) is 22.5. The number of carbonyl (C=O) groups is 1. The quantitative estimate of drug-likeness (QED) is 0.331. The zero-order valence-corrected chi connectivity index (χ0v) is 17.2. The van der Waals surface area contributed by atoms with Crippen LogP contribution in [0, 0.1) is 10.1 Å². The lowest BCUT2D eigenvalue weighted by molar-refractivity contribution is -0.384. The van der Waals surface area contributed by atoms with Gasteiger partial charge in [-0.3, -0.25) is 14.9 Å². The molecule has 30 heavy (non-hydrogen) atoms. The minimum atomic E-state index is -0.473. The highest BCUT2D eigenvalue weighted by atomic mass is 32.2. The van der Waals surface area contributed by atoms with Crippen molar-refractivity contribution in [2.45, 2.75) is 36.9 Å². The molecule has 2 aromatic carbocycles. The molecule has 2 unspecified atom stereocenters. The first-order chi connectivity index (χ1) is 14.6. The van der Waals surface area contributed by atoms with E-state index in [1.165, 1.54) is 41.6 Å². The average Bonchev–Trinajstić information content (AvgIpc) is 3.45. The third-order valence-electron chi connectivity index (χ3n) is 5.11. The van der Waals surface area contributed by atoms with Crippen molar-refractivity contribution in [1.29, 1.82) is 0 Å². The maximum absolute atomic E-state index is 12.3. The van der Waals surface area contributed by atoms with Gasteiger partial charge in [0.25, 0.3) is 5.69 Å². The van der Waals surface area contributed by atoms with Crippen molar-refractivity contribution >= 4 is 29.0 Å². The number of nitrogens with one attached hydrogen (secondary N) is 1. The van der Waals surface area contributed by atoms with Crippen molar-refractivity contribution in [1.82, 2.24) is 14.8 Å². The SMILES string of the molecule is CCn1c(SCC(=O)Nc2ccc([N+](=O)[O-])cc2)nnc1C1CC1c1ccccc1. The molecule has 0 spiro atoms. The second-order valence-electron chi connectivity index (χ2n) is 7.09. The van der Waals surface area contributed by atoms with E-state index in [1.807, 2.05) is 13.0 Å². The number of rotatable bonds is 8. The van der Waals surface area contributed by atoms with Gasteiger partial charge in [0.05, 0.1) is 10.7 Å². The molecule has 1 N–H and O–H groups in total. The number of hydrogen-bond acceptors (Lipinski definition) is 6. The van der Waals surface area contributed by atoms with Gasteiger partial charge in [0.2, 0.25) is 5.91 Å². The zero-order chi connectivity index (χ0) is 21.1. The molecule has 1 amide bonds.